The Bertz CT molecular complexity index is 970. The van der Waals surface area contributed by atoms with Gasteiger partial charge in [0.15, 0.2) is 0 Å². The van der Waals surface area contributed by atoms with Crippen molar-refractivity contribution in [3.63, 3.8) is 0 Å². The fourth-order valence-corrected chi connectivity index (χ4v) is 3.50. The maximum absolute atomic E-state index is 13.4. The summed E-state index contributed by atoms with van der Waals surface area (Å²) in [5.41, 5.74) is 2.83. The smallest absolute Gasteiger partial charge is 0.282 e. The van der Waals surface area contributed by atoms with E-state index in [1.54, 1.807) is 55.5 Å². The average molecular weight is 408 g/mol. The molecule has 0 saturated carbocycles. The molecule has 0 radical (unpaired) electrons. The minimum absolute atomic E-state index is 0.0312. The molecule has 0 bridgehead atoms. The van der Waals surface area contributed by atoms with Crippen molar-refractivity contribution in [3.05, 3.63) is 65.4 Å². The highest BCUT2D eigenvalue weighted by atomic mass is 16.5. The molecule has 2 aromatic rings. The minimum atomic E-state index is -0.398. The number of ether oxygens (including phenoxy) is 1. The third kappa shape index (κ3) is 3.96. The highest BCUT2D eigenvalue weighted by Gasteiger charge is 2.41. The fraction of sp³-hybridized carbons (Fsp3) is 0.333. The zero-order chi connectivity index (χ0) is 22.1. The van der Waals surface area contributed by atoms with Gasteiger partial charge in [-0.05, 0) is 40.8 Å². The Morgan fingerprint density at radius 3 is 2.07 bits per heavy atom. The van der Waals surface area contributed by atoms with E-state index in [0.29, 0.717) is 22.6 Å². The molecule has 6 heteroatoms. The molecule has 158 valence electrons. The second-order valence-electron chi connectivity index (χ2n) is 8.34. The summed E-state index contributed by atoms with van der Waals surface area (Å²) in [4.78, 5) is 29.6. The van der Waals surface area contributed by atoms with E-state index < -0.39 is 5.91 Å². The van der Waals surface area contributed by atoms with E-state index in [0.717, 1.165) is 5.56 Å². The van der Waals surface area contributed by atoms with Crippen LogP contribution < -0.4 is 9.64 Å². The summed E-state index contributed by atoms with van der Waals surface area (Å²) in [6, 6.07) is 14.5. The van der Waals surface area contributed by atoms with Crippen LogP contribution in [0.1, 0.15) is 31.9 Å². The molecular formula is C24H28N2O4. The van der Waals surface area contributed by atoms with E-state index in [9.17, 15) is 14.7 Å². The van der Waals surface area contributed by atoms with Crippen molar-refractivity contribution in [3.8, 4) is 5.75 Å². The van der Waals surface area contributed by atoms with E-state index in [4.69, 9.17) is 4.74 Å². The largest absolute Gasteiger partial charge is 0.497 e. The van der Waals surface area contributed by atoms with Crippen LogP contribution in [0.3, 0.4) is 0 Å². The number of benzene rings is 2. The maximum atomic E-state index is 13.4. The quantitative estimate of drug-likeness (QED) is 0.744. The molecule has 1 aliphatic heterocycles. The number of aliphatic hydroxyl groups is 1. The Hall–Kier alpha value is -3.12. The van der Waals surface area contributed by atoms with Crippen molar-refractivity contribution < 1.29 is 19.4 Å². The number of methoxy groups -OCH3 is 1. The second kappa shape index (κ2) is 8.32. The van der Waals surface area contributed by atoms with Crippen molar-refractivity contribution in [1.29, 1.82) is 0 Å². The van der Waals surface area contributed by atoms with Crippen LogP contribution in [0, 0.1) is 0 Å². The van der Waals surface area contributed by atoms with Gasteiger partial charge in [-0.1, -0.05) is 45.0 Å². The molecule has 2 amide bonds. The summed E-state index contributed by atoms with van der Waals surface area (Å²) in [7, 11) is 3.27. The van der Waals surface area contributed by atoms with Crippen LogP contribution in [0.4, 0.5) is 5.69 Å². The normalized spacial score (nSPS) is 14.5. The van der Waals surface area contributed by atoms with Gasteiger partial charge in [-0.3, -0.25) is 9.59 Å². The molecule has 0 aliphatic carbocycles. The van der Waals surface area contributed by atoms with Gasteiger partial charge in [-0.25, -0.2) is 4.90 Å². The number of hydrogen-bond acceptors (Lipinski definition) is 5. The zero-order valence-electron chi connectivity index (χ0n) is 18.1. The highest BCUT2D eigenvalue weighted by molar-refractivity contribution is 6.45. The molecule has 0 atom stereocenters. The molecule has 0 aromatic heterocycles. The predicted octanol–water partition coefficient (Wildman–Crippen LogP) is 3.20. The van der Waals surface area contributed by atoms with Gasteiger partial charge in [0.05, 0.1) is 25.0 Å². The van der Waals surface area contributed by atoms with Gasteiger partial charge in [-0.15, -0.1) is 0 Å². The van der Waals surface area contributed by atoms with E-state index in [1.807, 2.05) is 12.1 Å². The summed E-state index contributed by atoms with van der Waals surface area (Å²) in [5, 5.41) is 9.37. The number of rotatable bonds is 6. The fourth-order valence-electron chi connectivity index (χ4n) is 3.50. The first-order valence-corrected chi connectivity index (χ1v) is 9.89. The van der Waals surface area contributed by atoms with Crippen molar-refractivity contribution in [2.24, 2.45) is 0 Å². The standard InChI is InChI=1S/C24H28N2O4/c1-24(2,3)17-8-10-18(11-9-17)26-22(28)20(16-6-12-19(30-5)13-7-16)21(23(26)29)25(4)14-15-27/h6-13,27H,14-15H2,1-5H3. The lowest BCUT2D eigenvalue weighted by atomic mass is 9.87. The van der Waals surface area contributed by atoms with Crippen molar-refractivity contribution in [2.45, 2.75) is 26.2 Å². The van der Waals surface area contributed by atoms with Gasteiger partial charge in [0.25, 0.3) is 11.8 Å². The maximum Gasteiger partial charge on any atom is 0.282 e. The Morgan fingerprint density at radius 1 is 0.967 bits per heavy atom. The number of nitrogens with zero attached hydrogens (tertiary/aromatic N) is 2. The van der Waals surface area contributed by atoms with Crippen LogP contribution in [0.25, 0.3) is 5.57 Å². The van der Waals surface area contributed by atoms with Gasteiger partial charge >= 0.3 is 0 Å². The average Bonchev–Trinajstić information content (AvgIpc) is 2.98. The molecule has 0 spiro atoms. The molecule has 1 heterocycles. The molecule has 2 aromatic carbocycles. The molecule has 1 aliphatic rings. The highest BCUT2D eigenvalue weighted by Crippen LogP contribution is 2.35. The van der Waals surface area contributed by atoms with Gasteiger partial charge in [0, 0.05) is 13.6 Å². The Morgan fingerprint density at radius 2 is 1.57 bits per heavy atom. The molecule has 30 heavy (non-hydrogen) atoms. The third-order valence-corrected chi connectivity index (χ3v) is 5.25. The van der Waals surface area contributed by atoms with Crippen molar-refractivity contribution >= 4 is 23.1 Å². The molecule has 0 unspecified atom stereocenters. The number of aliphatic hydroxyl groups excluding tert-OH is 1. The molecule has 0 saturated heterocycles. The Kier molecular flexibility index (Phi) is 5.99. The lowest BCUT2D eigenvalue weighted by Crippen LogP contribution is -2.35. The Labute approximate surface area is 177 Å². The SMILES string of the molecule is COc1ccc(C2=C(N(C)CCO)C(=O)N(c3ccc(C(C)(C)C)cc3)C2=O)cc1. The molecular weight excluding hydrogens is 380 g/mol. The topological polar surface area (TPSA) is 70.1 Å². The first-order valence-electron chi connectivity index (χ1n) is 9.89. The summed E-state index contributed by atoms with van der Waals surface area (Å²) in [5.74, 6) is -0.116. The first-order chi connectivity index (χ1) is 14.2. The van der Waals surface area contributed by atoms with Gasteiger partial charge in [-0.2, -0.15) is 0 Å². The monoisotopic (exact) mass is 408 g/mol. The van der Waals surface area contributed by atoms with Crippen LogP contribution >= 0.6 is 0 Å². The number of carbonyl (C=O) groups excluding carboxylic acids is 2. The van der Waals surface area contributed by atoms with Crippen molar-refractivity contribution in [1.82, 2.24) is 4.90 Å². The summed E-state index contributed by atoms with van der Waals surface area (Å²) in [6.07, 6.45) is 0. The first kappa shape index (κ1) is 21.6. The number of hydrogen-bond donors (Lipinski definition) is 1. The number of carbonyl (C=O) groups is 2. The van der Waals surface area contributed by atoms with Crippen LogP contribution in [0.2, 0.25) is 0 Å². The Balaban J connectivity index is 2.06. The summed E-state index contributed by atoms with van der Waals surface area (Å²) >= 11 is 0. The summed E-state index contributed by atoms with van der Waals surface area (Å²) < 4.78 is 5.20. The predicted molar refractivity (Wildman–Crippen MR) is 117 cm³/mol. The lowest BCUT2D eigenvalue weighted by molar-refractivity contribution is -0.120. The molecule has 1 N–H and O–H groups in total. The third-order valence-electron chi connectivity index (χ3n) is 5.25. The molecule has 0 fully saturated rings. The van der Waals surface area contributed by atoms with Gasteiger partial charge < -0.3 is 14.7 Å². The van der Waals surface area contributed by atoms with E-state index in [1.165, 1.54) is 4.90 Å². The number of likely N-dealkylation sites (N-methyl/N-ethyl adjacent to an activating group) is 1. The van der Waals surface area contributed by atoms with Gasteiger partial charge in [0.2, 0.25) is 0 Å². The second-order valence-corrected chi connectivity index (χ2v) is 8.34. The molecule has 6 nitrogen and oxygen atoms in total. The van der Waals surface area contributed by atoms with Crippen LogP contribution in [-0.2, 0) is 15.0 Å². The summed E-state index contributed by atoms with van der Waals surface area (Å²) in [6.45, 7) is 6.45. The van der Waals surface area contributed by atoms with E-state index in [-0.39, 0.29) is 30.2 Å². The van der Waals surface area contributed by atoms with E-state index >= 15 is 0 Å². The zero-order valence-corrected chi connectivity index (χ0v) is 18.1. The van der Waals surface area contributed by atoms with Crippen molar-refractivity contribution in [2.75, 3.05) is 32.2 Å². The number of amides is 2. The van der Waals surface area contributed by atoms with E-state index in [2.05, 4.69) is 20.8 Å². The molecule has 3 rings (SSSR count). The minimum Gasteiger partial charge on any atom is -0.497 e. The van der Waals surface area contributed by atoms with Crippen LogP contribution in [0.15, 0.2) is 54.2 Å². The number of anilines is 1. The van der Waals surface area contributed by atoms with Crippen LogP contribution in [-0.4, -0.2) is 49.1 Å². The lowest BCUT2D eigenvalue weighted by Gasteiger charge is -2.22. The number of imide groups is 1. The van der Waals surface area contributed by atoms with Crippen LogP contribution in [0.5, 0.6) is 5.75 Å². The van der Waals surface area contributed by atoms with Gasteiger partial charge in [0.1, 0.15) is 11.4 Å².